The van der Waals surface area contributed by atoms with Crippen LogP contribution in [0.1, 0.15) is 33.1 Å². The van der Waals surface area contributed by atoms with Crippen molar-refractivity contribution in [2.45, 2.75) is 12.8 Å². The number of nitrogen functional groups attached to an aromatic ring is 1. The molecule has 1 aromatic heterocycles. The quantitative estimate of drug-likeness (QED) is 0.113. The molecular weight excluding hydrogens is 524 g/mol. The van der Waals surface area contributed by atoms with Gasteiger partial charge in [0.2, 0.25) is 0 Å². The maximum Gasteiger partial charge on any atom is 0.255 e. The van der Waals surface area contributed by atoms with Crippen LogP contribution in [0.2, 0.25) is 0 Å². The van der Waals surface area contributed by atoms with Gasteiger partial charge in [-0.05, 0) is 78.0 Å². The molecule has 7 nitrogen and oxygen atoms in total. The number of aromatic hydroxyl groups is 1. The van der Waals surface area contributed by atoms with E-state index < -0.39 is 0 Å². The number of hydrogen-bond donors (Lipinski definition) is 4. The van der Waals surface area contributed by atoms with Gasteiger partial charge in [-0.25, -0.2) is 0 Å². The van der Waals surface area contributed by atoms with Crippen LogP contribution in [-0.4, -0.2) is 34.3 Å². The van der Waals surface area contributed by atoms with Crippen LogP contribution < -0.4 is 16.0 Å². The summed E-state index contributed by atoms with van der Waals surface area (Å²) in [6.07, 6.45) is 3.25. The lowest BCUT2D eigenvalue weighted by Gasteiger charge is -2.17. The maximum atomic E-state index is 13.4. The Morgan fingerprint density at radius 2 is 1.93 bits per heavy atom. The third-order valence-electron chi connectivity index (χ3n) is 7.40. The number of phenolic OH excluding ortho intramolecular Hbond substituents is 1. The molecule has 2 amide bonds. The molecule has 2 heterocycles. The zero-order valence-corrected chi connectivity index (χ0v) is 22.5. The van der Waals surface area contributed by atoms with E-state index in [0.29, 0.717) is 35.1 Å². The second kappa shape index (κ2) is 10.1. The van der Waals surface area contributed by atoms with Gasteiger partial charge in [0.1, 0.15) is 5.75 Å². The summed E-state index contributed by atoms with van der Waals surface area (Å²) in [7, 11) is 0. The zero-order valence-electron chi connectivity index (χ0n) is 21.7. The number of hydrogen-bond acceptors (Lipinski definition) is 4. The minimum Gasteiger partial charge on any atom is -0.507 e. The highest BCUT2D eigenvalue weighted by molar-refractivity contribution is 6.19. The highest BCUT2D eigenvalue weighted by Gasteiger charge is 2.34. The molecule has 1 aliphatic rings. The molecule has 0 saturated heterocycles. The van der Waals surface area contributed by atoms with Crippen molar-refractivity contribution in [1.29, 1.82) is 0 Å². The number of H-pyrrole nitrogens is 1. The predicted octanol–water partition coefficient (Wildman–Crippen LogP) is 6.55. The predicted molar refractivity (Wildman–Crippen MR) is 162 cm³/mol. The lowest BCUT2D eigenvalue weighted by molar-refractivity contribution is -0.114. The molecule has 0 aliphatic carbocycles. The molecular formula is C32H27ClN4O3. The third-order valence-corrected chi connectivity index (χ3v) is 7.77. The number of amides is 2. The number of carbonyl (C=O) groups is 2. The van der Waals surface area contributed by atoms with E-state index in [-0.39, 0.29) is 23.5 Å². The molecule has 0 spiro atoms. The van der Waals surface area contributed by atoms with E-state index in [1.54, 1.807) is 41.3 Å². The first-order valence-corrected chi connectivity index (χ1v) is 13.5. The number of fused-ring (bicyclic) bond motifs is 4. The average Bonchev–Trinajstić information content (AvgIpc) is 3.53. The molecule has 200 valence electrons. The van der Waals surface area contributed by atoms with Crippen LogP contribution in [-0.2, 0) is 4.79 Å². The first-order chi connectivity index (χ1) is 19.3. The maximum absolute atomic E-state index is 13.4. The van der Waals surface area contributed by atoms with Gasteiger partial charge in [-0.15, -0.1) is 11.6 Å². The van der Waals surface area contributed by atoms with Crippen molar-refractivity contribution in [2.75, 3.05) is 28.4 Å². The highest BCUT2D eigenvalue weighted by Crippen LogP contribution is 2.46. The van der Waals surface area contributed by atoms with Crippen molar-refractivity contribution >= 4 is 68.2 Å². The zero-order chi connectivity index (χ0) is 28.0. The van der Waals surface area contributed by atoms with E-state index in [0.717, 1.165) is 38.5 Å². The lowest BCUT2D eigenvalue weighted by Crippen LogP contribution is -2.28. The van der Waals surface area contributed by atoms with Crippen LogP contribution in [0.4, 0.5) is 17.1 Å². The Labute approximate surface area is 235 Å². The van der Waals surface area contributed by atoms with Gasteiger partial charge >= 0.3 is 0 Å². The van der Waals surface area contributed by atoms with Crippen molar-refractivity contribution in [3.63, 3.8) is 0 Å². The van der Waals surface area contributed by atoms with Gasteiger partial charge in [0.25, 0.3) is 11.8 Å². The van der Waals surface area contributed by atoms with Crippen LogP contribution in [0, 0.1) is 6.92 Å². The fourth-order valence-corrected chi connectivity index (χ4v) is 5.70. The number of anilines is 3. The second-order valence-corrected chi connectivity index (χ2v) is 10.4. The summed E-state index contributed by atoms with van der Waals surface area (Å²) in [6, 6.07) is 21.7. The first kappa shape index (κ1) is 25.5. The second-order valence-electron chi connectivity index (χ2n) is 10.1. The van der Waals surface area contributed by atoms with Gasteiger partial charge in [-0.3, -0.25) is 9.59 Å². The third kappa shape index (κ3) is 4.54. The van der Waals surface area contributed by atoms with Crippen molar-refractivity contribution in [3.8, 4) is 5.75 Å². The number of nitrogens with one attached hydrogen (secondary N) is 2. The Morgan fingerprint density at radius 1 is 1.12 bits per heavy atom. The van der Waals surface area contributed by atoms with Gasteiger partial charge in [-0.1, -0.05) is 18.2 Å². The number of aromatic nitrogens is 1. The molecule has 1 unspecified atom stereocenters. The molecule has 4 aromatic carbocycles. The molecule has 5 aromatic rings. The monoisotopic (exact) mass is 550 g/mol. The van der Waals surface area contributed by atoms with Crippen LogP contribution in [0.25, 0.3) is 27.8 Å². The van der Waals surface area contributed by atoms with Crippen LogP contribution >= 0.6 is 11.6 Å². The minimum absolute atomic E-state index is 0.0341. The fraction of sp³-hybridized carbons (Fsp3) is 0.125. The number of nitrogens with zero attached hydrogens (tertiary/aromatic N) is 1. The molecule has 0 saturated carbocycles. The SMILES string of the molecule is Cc1cccc2c(O)cc3c(c12)C(CCl)CN3C(=O)C=Cc1cc2cc(NC(=O)c3ccc(N)cc3)ccc2[nH]1. The van der Waals surface area contributed by atoms with Gasteiger partial charge < -0.3 is 26.0 Å². The summed E-state index contributed by atoms with van der Waals surface area (Å²) in [5.74, 6) is 0.0538. The van der Waals surface area contributed by atoms with Crippen molar-refractivity contribution in [2.24, 2.45) is 0 Å². The molecule has 0 bridgehead atoms. The van der Waals surface area contributed by atoms with Gasteiger partial charge in [0.15, 0.2) is 0 Å². The van der Waals surface area contributed by atoms with Crippen LogP contribution in [0.3, 0.4) is 0 Å². The lowest BCUT2D eigenvalue weighted by atomic mass is 9.92. The molecule has 5 N–H and O–H groups in total. The number of halogens is 1. The average molecular weight is 551 g/mol. The Bertz CT molecular complexity index is 1820. The number of aromatic amines is 1. The standard InChI is InChI=1S/C32H27ClN4O3/c1-18-3-2-4-25-28(38)15-27-31(30(18)25)21(16-33)17-37(27)29(39)12-10-23-13-20-14-24(9-11-26(20)35-23)36-32(40)19-5-7-22(34)8-6-19/h2-15,21,35,38H,16-17,34H2,1H3,(H,36,40). The number of rotatable bonds is 5. The Hall–Kier alpha value is -4.75. The Morgan fingerprint density at radius 3 is 2.70 bits per heavy atom. The van der Waals surface area contributed by atoms with Gasteiger partial charge in [0, 0.05) is 69.4 Å². The fourth-order valence-electron chi connectivity index (χ4n) is 5.44. The molecule has 6 rings (SSSR count). The van der Waals surface area contributed by atoms with Crippen molar-refractivity contribution in [1.82, 2.24) is 4.98 Å². The van der Waals surface area contributed by atoms with Crippen molar-refractivity contribution in [3.05, 3.63) is 101 Å². The number of phenols is 1. The number of nitrogens with two attached hydrogens (primary N) is 1. The Kier molecular flexibility index (Phi) is 6.44. The number of carbonyl (C=O) groups excluding carboxylic acids is 2. The summed E-state index contributed by atoms with van der Waals surface area (Å²) >= 11 is 6.35. The van der Waals surface area contributed by atoms with Crippen LogP contribution in [0.5, 0.6) is 5.75 Å². The summed E-state index contributed by atoms with van der Waals surface area (Å²) in [4.78, 5) is 30.9. The van der Waals surface area contributed by atoms with E-state index in [1.807, 2.05) is 49.4 Å². The molecule has 8 heteroatoms. The molecule has 1 aliphatic heterocycles. The van der Waals surface area contributed by atoms with Gasteiger partial charge in [0.05, 0.1) is 5.69 Å². The van der Waals surface area contributed by atoms with E-state index in [4.69, 9.17) is 17.3 Å². The summed E-state index contributed by atoms with van der Waals surface area (Å²) in [5.41, 5.74) is 11.8. The summed E-state index contributed by atoms with van der Waals surface area (Å²) in [6.45, 7) is 2.45. The topological polar surface area (TPSA) is 111 Å². The van der Waals surface area contributed by atoms with E-state index in [2.05, 4.69) is 10.3 Å². The Balaban J connectivity index is 1.24. The number of alkyl halides is 1. The molecule has 1 atom stereocenters. The normalized spacial score (nSPS) is 14.8. The van der Waals surface area contributed by atoms with Gasteiger partial charge in [-0.2, -0.15) is 0 Å². The van der Waals surface area contributed by atoms with E-state index in [1.165, 1.54) is 6.08 Å². The summed E-state index contributed by atoms with van der Waals surface area (Å²) < 4.78 is 0. The molecule has 0 radical (unpaired) electrons. The van der Waals surface area contributed by atoms with E-state index in [9.17, 15) is 14.7 Å². The summed E-state index contributed by atoms with van der Waals surface area (Å²) in [5, 5.41) is 16.2. The minimum atomic E-state index is -0.226. The van der Waals surface area contributed by atoms with E-state index >= 15 is 0 Å². The largest absolute Gasteiger partial charge is 0.507 e. The van der Waals surface area contributed by atoms with Crippen molar-refractivity contribution < 1.29 is 14.7 Å². The molecule has 40 heavy (non-hydrogen) atoms. The highest BCUT2D eigenvalue weighted by atomic mass is 35.5. The number of benzene rings is 4. The van der Waals surface area contributed by atoms with Crippen LogP contribution in [0.15, 0.2) is 78.9 Å². The molecule has 0 fully saturated rings. The first-order valence-electron chi connectivity index (χ1n) is 12.9. The smallest absolute Gasteiger partial charge is 0.255 e. The number of aryl methyl sites for hydroxylation is 1.